The van der Waals surface area contributed by atoms with Gasteiger partial charge in [0.2, 0.25) is 5.91 Å². The molecular weight excluding hydrogens is 501 g/mol. The second kappa shape index (κ2) is 11.8. The summed E-state index contributed by atoms with van der Waals surface area (Å²) in [5, 5.41) is 9.99. The van der Waals surface area contributed by atoms with E-state index in [1.54, 1.807) is 11.3 Å². The molecule has 1 atom stereocenters. The van der Waals surface area contributed by atoms with E-state index in [4.69, 9.17) is 0 Å². The van der Waals surface area contributed by atoms with Gasteiger partial charge in [0.25, 0.3) is 0 Å². The average molecular weight is 529 g/mol. The van der Waals surface area contributed by atoms with Gasteiger partial charge < -0.3 is 16.0 Å². The summed E-state index contributed by atoms with van der Waals surface area (Å²) < 4.78 is 22.8. The molecule has 0 radical (unpaired) electrons. The number of guanidine groups is 1. The van der Waals surface area contributed by atoms with E-state index < -0.39 is 9.84 Å². The summed E-state index contributed by atoms with van der Waals surface area (Å²) in [6.07, 6.45) is 3.61. The maximum atomic E-state index is 12.0. The molecule has 1 aliphatic rings. The molecule has 1 saturated heterocycles. The van der Waals surface area contributed by atoms with Crippen molar-refractivity contribution in [3.63, 3.8) is 0 Å². The second-order valence-corrected chi connectivity index (χ2v) is 9.54. The number of aromatic nitrogens is 1. The van der Waals surface area contributed by atoms with Gasteiger partial charge in [0.15, 0.2) is 15.8 Å². The van der Waals surface area contributed by atoms with Crippen molar-refractivity contribution in [2.75, 3.05) is 24.6 Å². The van der Waals surface area contributed by atoms with Gasteiger partial charge in [-0.3, -0.25) is 4.79 Å². The fraction of sp³-hybridized carbons (Fsp3) is 0.688. The minimum atomic E-state index is -2.98. The zero-order valence-corrected chi connectivity index (χ0v) is 19.6. The lowest BCUT2D eigenvalue weighted by Gasteiger charge is -2.13. The molecule has 1 aromatic rings. The van der Waals surface area contributed by atoms with Gasteiger partial charge in [0.1, 0.15) is 5.01 Å². The number of thiazole rings is 1. The minimum absolute atomic E-state index is 0. The lowest BCUT2D eigenvalue weighted by atomic mass is 10.2. The molecule has 2 rings (SSSR count). The highest BCUT2D eigenvalue weighted by molar-refractivity contribution is 14.0. The third kappa shape index (κ3) is 8.73. The summed E-state index contributed by atoms with van der Waals surface area (Å²) in [6, 6.07) is -0.257. The highest BCUT2D eigenvalue weighted by atomic mass is 127. The lowest BCUT2D eigenvalue weighted by molar-refractivity contribution is -0.121. The number of carbonyl (C=O) groups is 1. The number of nitrogens with zero attached hydrogens (tertiary/aromatic N) is 2. The Morgan fingerprint density at radius 3 is 2.74 bits per heavy atom. The number of aliphatic imine (C=N–C) groups is 1. The monoisotopic (exact) mass is 529 g/mol. The quantitative estimate of drug-likeness (QED) is 0.264. The van der Waals surface area contributed by atoms with Gasteiger partial charge in [0.05, 0.1) is 18.1 Å². The van der Waals surface area contributed by atoms with Crippen molar-refractivity contribution in [1.82, 2.24) is 20.9 Å². The molecule has 0 spiro atoms. The van der Waals surface area contributed by atoms with Crippen molar-refractivity contribution in [2.24, 2.45) is 4.99 Å². The minimum Gasteiger partial charge on any atom is -0.357 e. The molecule has 1 fully saturated rings. The number of aryl methyl sites for hydroxylation is 1. The molecule has 3 N–H and O–H groups in total. The summed E-state index contributed by atoms with van der Waals surface area (Å²) in [5.74, 6) is 0.688. The first-order valence-corrected chi connectivity index (χ1v) is 11.5. The Morgan fingerprint density at radius 1 is 1.37 bits per heavy atom. The number of hydrogen-bond donors (Lipinski definition) is 3. The lowest BCUT2D eigenvalue weighted by Crippen LogP contribution is -2.41. The smallest absolute Gasteiger partial charge is 0.222 e. The van der Waals surface area contributed by atoms with Crippen LogP contribution in [0.3, 0.4) is 0 Å². The molecular formula is C16H28IN5O3S2. The van der Waals surface area contributed by atoms with Gasteiger partial charge >= 0.3 is 0 Å². The molecule has 0 aromatic carbocycles. The van der Waals surface area contributed by atoms with Gasteiger partial charge in [0, 0.05) is 36.6 Å². The van der Waals surface area contributed by atoms with Gasteiger partial charge in [-0.2, -0.15) is 0 Å². The summed E-state index contributed by atoms with van der Waals surface area (Å²) in [7, 11) is -2.98. The van der Waals surface area contributed by atoms with Crippen LogP contribution in [-0.4, -0.2) is 55.9 Å². The Balaban J connectivity index is 0.00000364. The van der Waals surface area contributed by atoms with Crippen LogP contribution in [0.5, 0.6) is 0 Å². The van der Waals surface area contributed by atoms with E-state index in [1.807, 2.05) is 13.1 Å². The van der Waals surface area contributed by atoms with Gasteiger partial charge in [-0.05, 0) is 19.8 Å². The maximum Gasteiger partial charge on any atom is 0.222 e. The van der Waals surface area contributed by atoms with E-state index in [2.05, 4.69) is 32.9 Å². The van der Waals surface area contributed by atoms with Crippen LogP contribution in [0.15, 0.2) is 11.2 Å². The van der Waals surface area contributed by atoms with Crippen molar-refractivity contribution in [3.8, 4) is 0 Å². The Kier molecular flexibility index (Phi) is 10.5. The fourth-order valence-corrected chi connectivity index (χ4v) is 5.04. The Labute approximate surface area is 182 Å². The highest BCUT2D eigenvalue weighted by Gasteiger charge is 2.28. The normalized spacial score (nSPS) is 18.6. The standard InChI is InChI=1S/C16H27N5O3S2.HI/c1-3-13-9-19-15(25-13)10-20-16(17-4-2)18-7-5-14(22)21-12-6-8-26(23,24)11-12;/h9,12H,3-8,10-11H2,1-2H3,(H,21,22)(H2,17,18,20);1H. The molecule has 154 valence electrons. The van der Waals surface area contributed by atoms with E-state index in [-0.39, 0.29) is 53.9 Å². The first-order chi connectivity index (χ1) is 12.4. The van der Waals surface area contributed by atoms with Crippen LogP contribution in [0.25, 0.3) is 0 Å². The molecule has 0 bridgehead atoms. The van der Waals surface area contributed by atoms with Crippen LogP contribution in [0, 0.1) is 0 Å². The average Bonchev–Trinajstić information content (AvgIpc) is 3.18. The predicted octanol–water partition coefficient (Wildman–Crippen LogP) is 1.07. The zero-order chi connectivity index (χ0) is 19.0. The molecule has 11 heteroatoms. The first kappa shape index (κ1) is 24.1. The molecule has 1 aromatic heterocycles. The van der Waals surface area contributed by atoms with Crippen LogP contribution in [-0.2, 0) is 27.6 Å². The number of amides is 1. The summed E-state index contributed by atoms with van der Waals surface area (Å²) in [6.45, 7) is 5.71. The Morgan fingerprint density at radius 2 is 2.15 bits per heavy atom. The number of hydrogen-bond acceptors (Lipinski definition) is 6. The predicted molar refractivity (Wildman–Crippen MR) is 120 cm³/mol. The molecule has 0 saturated carbocycles. The van der Waals surface area contributed by atoms with E-state index >= 15 is 0 Å². The van der Waals surface area contributed by atoms with Crippen LogP contribution in [0.1, 0.15) is 36.6 Å². The molecule has 1 unspecified atom stereocenters. The van der Waals surface area contributed by atoms with E-state index in [0.717, 1.165) is 18.0 Å². The molecule has 1 aliphatic heterocycles. The topological polar surface area (TPSA) is 113 Å². The summed E-state index contributed by atoms with van der Waals surface area (Å²) in [5.41, 5.74) is 0. The number of carbonyl (C=O) groups excluding carboxylic acids is 1. The molecule has 0 aliphatic carbocycles. The second-order valence-electron chi connectivity index (χ2n) is 6.11. The van der Waals surface area contributed by atoms with Crippen molar-refractivity contribution >= 4 is 57.0 Å². The number of rotatable bonds is 8. The molecule has 27 heavy (non-hydrogen) atoms. The number of sulfone groups is 1. The fourth-order valence-electron chi connectivity index (χ4n) is 2.58. The summed E-state index contributed by atoms with van der Waals surface area (Å²) >= 11 is 1.65. The highest BCUT2D eigenvalue weighted by Crippen LogP contribution is 2.14. The van der Waals surface area contributed by atoms with Gasteiger partial charge in [-0.1, -0.05) is 6.92 Å². The van der Waals surface area contributed by atoms with E-state index in [0.29, 0.717) is 25.5 Å². The maximum absolute atomic E-state index is 12.0. The third-order valence-corrected chi connectivity index (χ3v) is 6.80. The van der Waals surface area contributed by atoms with Crippen molar-refractivity contribution < 1.29 is 13.2 Å². The van der Waals surface area contributed by atoms with Crippen molar-refractivity contribution in [3.05, 3.63) is 16.1 Å². The summed E-state index contributed by atoms with van der Waals surface area (Å²) in [4.78, 5) is 22.0. The van der Waals surface area contributed by atoms with Crippen molar-refractivity contribution in [1.29, 1.82) is 0 Å². The van der Waals surface area contributed by atoms with Gasteiger partial charge in [-0.25, -0.2) is 18.4 Å². The largest absolute Gasteiger partial charge is 0.357 e. The zero-order valence-electron chi connectivity index (χ0n) is 15.7. The molecule has 8 nitrogen and oxygen atoms in total. The Bertz CT molecular complexity index is 736. The third-order valence-electron chi connectivity index (χ3n) is 3.91. The van der Waals surface area contributed by atoms with Crippen LogP contribution >= 0.6 is 35.3 Å². The Hall–Kier alpha value is -0.950. The van der Waals surface area contributed by atoms with E-state index in [1.165, 1.54) is 4.88 Å². The first-order valence-electron chi connectivity index (χ1n) is 8.87. The van der Waals surface area contributed by atoms with Crippen LogP contribution < -0.4 is 16.0 Å². The van der Waals surface area contributed by atoms with Crippen molar-refractivity contribution in [2.45, 2.75) is 45.7 Å². The van der Waals surface area contributed by atoms with Crippen LogP contribution in [0.2, 0.25) is 0 Å². The number of nitrogens with one attached hydrogen (secondary N) is 3. The van der Waals surface area contributed by atoms with E-state index in [9.17, 15) is 13.2 Å². The number of halogens is 1. The molecule has 1 amide bonds. The van der Waals surface area contributed by atoms with Gasteiger partial charge in [-0.15, -0.1) is 35.3 Å². The molecule has 2 heterocycles. The SMILES string of the molecule is CCNC(=NCc1ncc(CC)s1)NCCC(=O)NC1CCS(=O)(=O)C1.I. The van der Waals surface area contributed by atoms with Crippen LogP contribution in [0.4, 0.5) is 0 Å².